The Kier molecular flexibility index (Phi) is 8.40. The summed E-state index contributed by atoms with van der Waals surface area (Å²) in [5.74, 6) is -0.385. The standard InChI is InChI=1S/C30H31F5O2/c1-3-19-5-7-20(8-6-19)21-9-13-23(14-10-21)30(34,35)37-24-15-11-22(12-16-24)25-17-18-26(36-4-2)28(31)27(25)29(32)33/h9-20,29H,3-8H2,1-2H3. The number of hydrogen-bond donors (Lipinski definition) is 0. The first-order chi connectivity index (χ1) is 17.7. The second kappa shape index (κ2) is 11.5. The molecular weight excluding hydrogens is 487 g/mol. The monoisotopic (exact) mass is 518 g/mol. The van der Waals surface area contributed by atoms with E-state index in [-0.39, 0.29) is 34.8 Å². The van der Waals surface area contributed by atoms with Crippen LogP contribution in [0.1, 0.15) is 75.0 Å². The van der Waals surface area contributed by atoms with Crippen LogP contribution >= 0.6 is 0 Å². The molecule has 0 atom stereocenters. The summed E-state index contributed by atoms with van der Waals surface area (Å²) in [6.45, 7) is 3.95. The zero-order chi connectivity index (χ0) is 26.6. The maximum atomic E-state index is 14.9. The Hall–Kier alpha value is -3.09. The highest BCUT2D eigenvalue weighted by Crippen LogP contribution is 2.40. The van der Waals surface area contributed by atoms with Crippen molar-refractivity contribution in [2.24, 2.45) is 5.92 Å². The van der Waals surface area contributed by atoms with E-state index in [9.17, 15) is 22.0 Å². The number of alkyl halides is 4. The van der Waals surface area contributed by atoms with Crippen LogP contribution in [-0.2, 0) is 6.11 Å². The molecule has 37 heavy (non-hydrogen) atoms. The molecule has 1 fully saturated rings. The van der Waals surface area contributed by atoms with Crippen molar-refractivity contribution in [2.75, 3.05) is 6.61 Å². The van der Waals surface area contributed by atoms with Gasteiger partial charge in [-0.1, -0.05) is 37.6 Å². The van der Waals surface area contributed by atoms with Gasteiger partial charge in [0.05, 0.1) is 17.7 Å². The summed E-state index contributed by atoms with van der Waals surface area (Å²) in [5.41, 5.74) is 0.202. The molecule has 0 radical (unpaired) electrons. The Morgan fingerprint density at radius 3 is 2.08 bits per heavy atom. The molecule has 1 aliphatic rings. The Morgan fingerprint density at radius 2 is 1.51 bits per heavy atom. The number of ether oxygens (including phenoxy) is 2. The molecule has 0 bridgehead atoms. The van der Waals surface area contributed by atoms with Crippen molar-refractivity contribution in [1.82, 2.24) is 0 Å². The minimum absolute atomic E-state index is 0.0437. The fraction of sp³-hybridized carbons (Fsp3) is 0.400. The van der Waals surface area contributed by atoms with Crippen LogP contribution in [0.25, 0.3) is 11.1 Å². The Bertz CT molecular complexity index is 1170. The van der Waals surface area contributed by atoms with Gasteiger partial charge < -0.3 is 9.47 Å². The average Bonchev–Trinajstić information content (AvgIpc) is 2.90. The first kappa shape index (κ1) is 27.0. The first-order valence-electron chi connectivity index (χ1n) is 12.7. The third-order valence-electron chi connectivity index (χ3n) is 7.22. The van der Waals surface area contributed by atoms with Crippen LogP contribution in [0.2, 0.25) is 0 Å². The van der Waals surface area contributed by atoms with Crippen LogP contribution < -0.4 is 9.47 Å². The predicted molar refractivity (Wildman–Crippen MR) is 134 cm³/mol. The van der Waals surface area contributed by atoms with Gasteiger partial charge in [-0.15, -0.1) is 0 Å². The molecule has 0 saturated heterocycles. The lowest BCUT2D eigenvalue weighted by atomic mass is 9.78. The van der Waals surface area contributed by atoms with Crippen molar-refractivity contribution >= 4 is 0 Å². The molecule has 0 aliphatic heterocycles. The van der Waals surface area contributed by atoms with E-state index in [0.29, 0.717) is 5.92 Å². The third kappa shape index (κ3) is 6.08. The van der Waals surface area contributed by atoms with Crippen LogP contribution in [0.3, 0.4) is 0 Å². The van der Waals surface area contributed by atoms with E-state index < -0.39 is 23.9 Å². The van der Waals surface area contributed by atoms with Crippen molar-refractivity contribution in [2.45, 2.75) is 64.4 Å². The molecule has 0 spiro atoms. The molecule has 2 nitrogen and oxygen atoms in total. The topological polar surface area (TPSA) is 18.5 Å². The molecular formula is C30H31F5O2. The molecule has 0 unspecified atom stereocenters. The lowest BCUT2D eigenvalue weighted by Gasteiger charge is -2.28. The van der Waals surface area contributed by atoms with Crippen LogP contribution in [0, 0.1) is 11.7 Å². The second-order valence-electron chi connectivity index (χ2n) is 9.46. The van der Waals surface area contributed by atoms with Crippen molar-refractivity contribution < 1.29 is 31.4 Å². The van der Waals surface area contributed by atoms with Gasteiger partial charge in [-0.05, 0) is 97.5 Å². The minimum atomic E-state index is -3.58. The largest absolute Gasteiger partial charge is 0.491 e. The molecule has 0 amide bonds. The molecule has 0 N–H and O–H groups in total. The van der Waals surface area contributed by atoms with Crippen LogP contribution in [0.5, 0.6) is 11.5 Å². The predicted octanol–water partition coefficient (Wildman–Crippen LogP) is 9.64. The SMILES string of the molecule is CCOc1ccc(-c2ccc(OC(F)(F)c3ccc(C4CCC(CC)CC4)cc3)cc2)c(C(F)F)c1F. The number of benzene rings is 3. The van der Waals surface area contributed by atoms with E-state index in [1.54, 1.807) is 19.1 Å². The van der Waals surface area contributed by atoms with Gasteiger partial charge >= 0.3 is 6.11 Å². The fourth-order valence-corrected chi connectivity index (χ4v) is 5.07. The van der Waals surface area contributed by atoms with Gasteiger partial charge in [-0.3, -0.25) is 0 Å². The smallest absolute Gasteiger partial charge is 0.426 e. The lowest BCUT2D eigenvalue weighted by Crippen LogP contribution is -2.22. The molecule has 1 saturated carbocycles. The van der Waals surface area contributed by atoms with E-state index in [4.69, 9.17) is 9.47 Å². The molecule has 3 aromatic rings. The van der Waals surface area contributed by atoms with E-state index in [1.807, 2.05) is 0 Å². The van der Waals surface area contributed by atoms with Gasteiger partial charge in [-0.2, -0.15) is 8.78 Å². The highest BCUT2D eigenvalue weighted by Gasteiger charge is 2.35. The average molecular weight is 519 g/mol. The summed E-state index contributed by atoms with van der Waals surface area (Å²) >= 11 is 0. The second-order valence-corrected chi connectivity index (χ2v) is 9.46. The summed E-state index contributed by atoms with van der Waals surface area (Å²) in [5, 5.41) is 0. The quantitative estimate of drug-likeness (QED) is 0.263. The molecule has 198 valence electrons. The minimum Gasteiger partial charge on any atom is -0.491 e. The zero-order valence-corrected chi connectivity index (χ0v) is 21.0. The maximum absolute atomic E-state index is 14.9. The van der Waals surface area contributed by atoms with Gasteiger partial charge in [0, 0.05) is 0 Å². The van der Waals surface area contributed by atoms with Crippen molar-refractivity contribution in [3.8, 4) is 22.6 Å². The molecule has 7 heteroatoms. The Labute approximate surface area is 214 Å². The van der Waals surface area contributed by atoms with Gasteiger partial charge in [0.15, 0.2) is 11.6 Å². The molecule has 4 rings (SSSR count). The van der Waals surface area contributed by atoms with Gasteiger partial charge in [0.1, 0.15) is 5.75 Å². The fourth-order valence-electron chi connectivity index (χ4n) is 5.07. The first-order valence-corrected chi connectivity index (χ1v) is 12.7. The lowest BCUT2D eigenvalue weighted by molar-refractivity contribution is -0.185. The maximum Gasteiger partial charge on any atom is 0.426 e. The van der Waals surface area contributed by atoms with Crippen molar-refractivity contribution in [1.29, 1.82) is 0 Å². The van der Waals surface area contributed by atoms with Gasteiger partial charge in [-0.25, -0.2) is 13.2 Å². The highest BCUT2D eigenvalue weighted by molar-refractivity contribution is 5.69. The summed E-state index contributed by atoms with van der Waals surface area (Å²) in [4.78, 5) is 0. The Balaban J connectivity index is 1.48. The normalized spacial score (nSPS) is 18.2. The number of halogens is 5. The van der Waals surface area contributed by atoms with Crippen molar-refractivity contribution in [3.63, 3.8) is 0 Å². The van der Waals surface area contributed by atoms with Crippen LogP contribution in [-0.4, -0.2) is 6.61 Å². The van der Waals surface area contributed by atoms with E-state index in [0.717, 1.165) is 24.3 Å². The van der Waals surface area contributed by atoms with E-state index in [1.165, 1.54) is 67.8 Å². The van der Waals surface area contributed by atoms with E-state index in [2.05, 4.69) is 6.92 Å². The summed E-state index contributed by atoms with van der Waals surface area (Å²) in [6.07, 6.45) is -1.01. The number of rotatable bonds is 9. The molecule has 1 aliphatic carbocycles. The molecule has 0 heterocycles. The highest BCUT2D eigenvalue weighted by atomic mass is 19.3. The molecule has 0 aromatic heterocycles. The van der Waals surface area contributed by atoms with Gasteiger partial charge in [0.2, 0.25) is 0 Å². The molecule has 3 aromatic carbocycles. The Morgan fingerprint density at radius 1 is 0.865 bits per heavy atom. The number of hydrogen-bond acceptors (Lipinski definition) is 2. The van der Waals surface area contributed by atoms with Gasteiger partial charge in [0.25, 0.3) is 6.43 Å². The summed E-state index contributed by atoms with van der Waals surface area (Å²) < 4.78 is 81.7. The summed E-state index contributed by atoms with van der Waals surface area (Å²) in [6, 6.07) is 14.1. The third-order valence-corrected chi connectivity index (χ3v) is 7.22. The van der Waals surface area contributed by atoms with Crippen molar-refractivity contribution in [3.05, 3.63) is 83.2 Å². The summed E-state index contributed by atoms with van der Waals surface area (Å²) in [7, 11) is 0. The van der Waals surface area contributed by atoms with Crippen LogP contribution in [0.4, 0.5) is 22.0 Å². The van der Waals surface area contributed by atoms with Crippen LogP contribution in [0.15, 0.2) is 60.7 Å². The zero-order valence-electron chi connectivity index (χ0n) is 21.0. The van der Waals surface area contributed by atoms with E-state index >= 15 is 0 Å².